The number of nitrogens with zero attached hydrogens (tertiary/aromatic N) is 2. The normalized spacial score (nSPS) is 11.1. The zero-order chi connectivity index (χ0) is 17.9. The van der Waals surface area contributed by atoms with E-state index in [0.717, 1.165) is 22.6 Å². The molecule has 0 saturated heterocycles. The summed E-state index contributed by atoms with van der Waals surface area (Å²) in [5.41, 5.74) is 0.840. The van der Waals surface area contributed by atoms with Gasteiger partial charge in [-0.1, -0.05) is 25.6 Å². The maximum absolute atomic E-state index is 13.4. The number of benzene rings is 1. The average Bonchev–Trinajstić information content (AvgIpc) is 2.81. The summed E-state index contributed by atoms with van der Waals surface area (Å²) in [5.74, 6) is -0.647. The standard InChI is InChI=1S/C17H20F2N2O2S/c1-10(2)16-17(24-13-8-11(18)7-12(19)9-13)21(3)14(20-16)5-6-15(22)23-4/h7-10H,5-6H2,1-4H3. The SMILES string of the molecule is COC(=O)CCc1nc(C(C)C)c(Sc2cc(F)cc(F)c2)n1C. The van der Waals surface area contributed by atoms with Crippen LogP contribution in [0, 0.1) is 11.6 Å². The van der Waals surface area contributed by atoms with Gasteiger partial charge < -0.3 is 9.30 Å². The van der Waals surface area contributed by atoms with Crippen LogP contribution in [0.25, 0.3) is 0 Å². The van der Waals surface area contributed by atoms with Crippen molar-refractivity contribution in [2.24, 2.45) is 7.05 Å². The molecule has 2 aromatic rings. The fraction of sp³-hybridized carbons (Fsp3) is 0.412. The van der Waals surface area contributed by atoms with Gasteiger partial charge in [-0.2, -0.15) is 0 Å². The highest BCUT2D eigenvalue weighted by molar-refractivity contribution is 7.99. The smallest absolute Gasteiger partial charge is 0.305 e. The molecule has 4 nitrogen and oxygen atoms in total. The molecule has 2 rings (SSSR count). The highest BCUT2D eigenvalue weighted by Gasteiger charge is 2.19. The maximum atomic E-state index is 13.4. The van der Waals surface area contributed by atoms with E-state index in [9.17, 15) is 13.6 Å². The Bertz CT molecular complexity index is 724. The van der Waals surface area contributed by atoms with Gasteiger partial charge in [0, 0.05) is 24.4 Å². The van der Waals surface area contributed by atoms with E-state index in [1.165, 1.54) is 31.0 Å². The third-order valence-electron chi connectivity index (χ3n) is 3.54. The van der Waals surface area contributed by atoms with Crippen molar-refractivity contribution in [1.29, 1.82) is 0 Å². The zero-order valence-corrected chi connectivity index (χ0v) is 14.9. The molecule has 0 fully saturated rings. The lowest BCUT2D eigenvalue weighted by Gasteiger charge is -2.09. The minimum Gasteiger partial charge on any atom is -0.469 e. The van der Waals surface area contributed by atoms with Crippen LogP contribution in [0.15, 0.2) is 28.1 Å². The Labute approximate surface area is 144 Å². The largest absolute Gasteiger partial charge is 0.469 e. The molecule has 0 bridgehead atoms. The minimum absolute atomic E-state index is 0.143. The fourth-order valence-corrected chi connectivity index (χ4v) is 3.48. The lowest BCUT2D eigenvalue weighted by molar-refractivity contribution is -0.140. The second-order valence-corrected chi connectivity index (χ2v) is 6.78. The molecule has 1 heterocycles. The van der Waals surface area contributed by atoms with Crippen molar-refractivity contribution >= 4 is 17.7 Å². The second-order valence-electron chi connectivity index (χ2n) is 5.72. The number of carbonyl (C=O) groups is 1. The summed E-state index contributed by atoms with van der Waals surface area (Å²) in [4.78, 5) is 16.4. The lowest BCUT2D eigenvalue weighted by Crippen LogP contribution is -2.06. The van der Waals surface area contributed by atoms with Crippen LogP contribution in [0.1, 0.15) is 37.7 Å². The summed E-state index contributed by atoms with van der Waals surface area (Å²) >= 11 is 1.26. The molecule has 0 N–H and O–H groups in total. The van der Waals surface area contributed by atoms with Crippen LogP contribution in [-0.4, -0.2) is 22.6 Å². The van der Waals surface area contributed by atoms with Crippen molar-refractivity contribution in [2.75, 3.05) is 7.11 Å². The van der Waals surface area contributed by atoms with E-state index in [0.29, 0.717) is 11.3 Å². The zero-order valence-electron chi connectivity index (χ0n) is 14.1. The number of rotatable bonds is 6. The van der Waals surface area contributed by atoms with Gasteiger partial charge in [-0.25, -0.2) is 13.8 Å². The molecule has 0 saturated carbocycles. The van der Waals surface area contributed by atoms with Crippen LogP contribution in [0.3, 0.4) is 0 Å². The van der Waals surface area contributed by atoms with Gasteiger partial charge in [-0.3, -0.25) is 4.79 Å². The van der Waals surface area contributed by atoms with E-state index < -0.39 is 11.6 Å². The number of hydrogen-bond donors (Lipinski definition) is 0. The number of imidazole rings is 1. The van der Waals surface area contributed by atoms with Crippen molar-refractivity contribution in [2.45, 2.75) is 42.5 Å². The van der Waals surface area contributed by atoms with Gasteiger partial charge in [0.25, 0.3) is 0 Å². The molecule has 0 aliphatic rings. The Kier molecular flexibility index (Phi) is 5.99. The topological polar surface area (TPSA) is 44.1 Å². The Morgan fingerprint density at radius 1 is 1.29 bits per heavy atom. The van der Waals surface area contributed by atoms with Crippen LogP contribution in [0.2, 0.25) is 0 Å². The van der Waals surface area contributed by atoms with E-state index in [2.05, 4.69) is 9.72 Å². The number of hydrogen-bond acceptors (Lipinski definition) is 4. The molecular weight excluding hydrogens is 334 g/mol. The third-order valence-corrected chi connectivity index (χ3v) is 4.69. The molecule has 1 aromatic heterocycles. The molecule has 0 unspecified atom stereocenters. The maximum Gasteiger partial charge on any atom is 0.305 e. The van der Waals surface area contributed by atoms with Crippen molar-refractivity contribution in [3.05, 3.63) is 41.4 Å². The minimum atomic E-state index is -0.614. The summed E-state index contributed by atoms with van der Waals surface area (Å²) < 4.78 is 33.4. The van der Waals surface area contributed by atoms with Crippen LogP contribution in [0.5, 0.6) is 0 Å². The van der Waals surface area contributed by atoms with E-state index >= 15 is 0 Å². The van der Waals surface area contributed by atoms with Crippen molar-refractivity contribution in [3.63, 3.8) is 0 Å². The Morgan fingerprint density at radius 2 is 1.92 bits per heavy atom. The summed E-state index contributed by atoms with van der Waals surface area (Å²) in [6, 6.07) is 3.43. The van der Waals surface area contributed by atoms with Crippen LogP contribution in [-0.2, 0) is 23.0 Å². The fourth-order valence-electron chi connectivity index (χ4n) is 2.29. The summed E-state index contributed by atoms with van der Waals surface area (Å²) in [6.45, 7) is 4.01. The van der Waals surface area contributed by atoms with Crippen LogP contribution < -0.4 is 0 Å². The van der Waals surface area contributed by atoms with Crippen molar-refractivity contribution < 1.29 is 18.3 Å². The van der Waals surface area contributed by atoms with Gasteiger partial charge in [0.1, 0.15) is 22.5 Å². The summed E-state index contributed by atoms with van der Waals surface area (Å²) in [6.07, 6.45) is 0.679. The van der Waals surface area contributed by atoms with E-state index in [-0.39, 0.29) is 18.3 Å². The third kappa shape index (κ3) is 4.35. The Morgan fingerprint density at radius 3 is 2.46 bits per heavy atom. The summed E-state index contributed by atoms with van der Waals surface area (Å²) in [7, 11) is 3.18. The molecule has 7 heteroatoms. The van der Waals surface area contributed by atoms with Gasteiger partial charge >= 0.3 is 5.97 Å². The number of aromatic nitrogens is 2. The van der Waals surface area contributed by atoms with Gasteiger partial charge in [-0.05, 0) is 18.1 Å². The summed E-state index contributed by atoms with van der Waals surface area (Å²) in [5, 5.41) is 0.815. The molecule has 0 spiro atoms. The van der Waals surface area contributed by atoms with Gasteiger partial charge in [-0.15, -0.1) is 0 Å². The molecule has 1 aromatic carbocycles. The van der Waals surface area contributed by atoms with Crippen LogP contribution >= 0.6 is 11.8 Å². The number of esters is 1. The van der Waals surface area contributed by atoms with Gasteiger partial charge in [0.15, 0.2) is 0 Å². The van der Waals surface area contributed by atoms with E-state index in [1.54, 1.807) is 0 Å². The number of methoxy groups -OCH3 is 1. The van der Waals surface area contributed by atoms with E-state index in [4.69, 9.17) is 0 Å². The predicted molar refractivity (Wildman–Crippen MR) is 88.1 cm³/mol. The van der Waals surface area contributed by atoms with E-state index in [1.807, 2.05) is 25.5 Å². The number of ether oxygens (including phenoxy) is 1. The number of aryl methyl sites for hydroxylation is 1. The molecule has 0 radical (unpaired) electrons. The molecule has 24 heavy (non-hydrogen) atoms. The highest BCUT2D eigenvalue weighted by Crippen LogP contribution is 2.35. The molecule has 0 amide bonds. The monoisotopic (exact) mass is 354 g/mol. The Hall–Kier alpha value is -1.89. The van der Waals surface area contributed by atoms with Gasteiger partial charge in [0.05, 0.1) is 19.2 Å². The van der Waals surface area contributed by atoms with Gasteiger partial charge in [0.2, 0.25) is 0 Å². The first kappa shape index (κ1) is 18.4. The van der Waals surface area contributed by atoms with Crippen LogP contribution in [0.4, 0.5) is 8.78 Å². The van der Waals surface area contributed by atoms with Crippen molar-refractivity contribution in [1.82, 2.24) is 9.55 Å². The number of carbonyl (C=O) groups excluding carboxylic acids is 1. The first-order valence-corrected chi connectivity index (χ1v) is 8.39. The molecule has 0 atom stereocenters. The Balaban J connectivity index is 2.33. The second kappa shape index (κ2) is 7.79. The number of halogens is 2. The molecule has 0 aliphatic heterocycles. The lowest BCUT2D eigenvalue weighted by atomic mass is 10.1. The molecule has 0 aliphatic carbocycles. The van der Waals surface area contributed by atoms with Crippen molar-refractivity contribution in [3.8, 4) is 0 Å². The first-order chi connectivity index (χ1) is 11.3. The molecule has 130 valence electrons. The molecular formula is C17H20F2N2O2S. The first-order valence-electron chi connectivity index (χ1n) is 7.58. The highest BCUT2D eigenvalue weighted by atomic mass is 32.2. The quantitative estimate of drug-likeness (QED) is 0.733. The predicted octanol–water partition coefficient (Wildman–Crippen LogP) is 4.08. The average molecular weight is 354 g/mol.